The molecule has 0 aromatic carbocycles. The third-order valence-electron chi connectivity index (χ3n) is 4.51. The van der Waals surface area contributed by atoms with E-state index in [9.17, 15) is 15.3 Å². The number of hydrogen-bond donors (Lipinski definition) is 3. The second-order valence-electron chi connectivity index (χ2n) is 7.77. The van der Waals surface area contributed by atoms with Crippen LogP contribution >= 0.6 is 0 Å². The highest BCUT2D eigenvalue weighted by molar-refractivity contribution is 4.94. The Balaban J connectivity index is 2.36. The topological polar surface area (TPSA) is 70.4 Å². The van der Waals surface area contributed by atoms with E-state index in [0.29, 0.717) is 19.5 Å². The largest absolute Gasteiger partial charge is 0.392 e. The van der Waals surface area contributed by atoms with Gasteiger partial charge in [0.15, 0.2) is 0 Å². The van der Waals surface area contributed by atoms with Crippen LogP contribution in [0.2, 0.25) is 0 Å². The molecule has 3 atom stereocenters. The molecular weight excluding hydrogens is 318 g/mol. The summed E-state index contributed by atoms with van der Waals surface area (Å²) in [7, 11) is 0. The summed E-state index contributed by atoms with van der Waals surface area (Å²) in [6, 6.07) is 0. The number of aliphatic hydroxyl groups is 3. The predicted octanol–water partition coefficient (Wildman–Crippen LogP) is 0.385. The van der Waals surface area contributed by atoms with Gasteiger partial charge < -0.3 is 15.3 Å². The third kappa shape index (κ3) is 10.9. The molecule has 0 aromatic rings. The zero-order chi connectivity index (χ0) is 18.8. The van der Waals surface area contributed by atoms with Crippen LogP contribution in [0.4, 0.5) is 0 Å². The standard InChI is InChI=1S/C19H39N3O3/c1-16(2)5-6-19(25)15-22(14-18(4)24)12-9-20-7-10-21(11-8-20)13-17(3)23/h5,17-19,23-25H,6-15H2,1-4H3/t17-,18-,19-/m0/s1. The number of β-amino-alcohol motifs (C(OH)–C–C–N with tert-alkyl or cyclic N) is 1. The van der Waals surface area contributed by atoms with Crippen LogP contribution in [0.1, 0.15) is 34.1 Å². The zero-order valence-electron chi connectivity index (χ0n) is 16.6. The summed E-state index contributed by atoms with van der Waals surface area (Å²) in [6.07, 6.45) is 1.67. The van der Waals surface area contributed by atoms with Crippen molar-refractivity contribution in [1.82, 2.24) is 14.7 Å². The van der Waals surface area contributed by atoms with Gasteiger partial charge in [0.05, 0.1) is 18.3 Å². The molecule has 1 aliphatic heterocycles. The summed E-state index contributed by atoms with van der Waals surface area (Å²) in [5, 5.41) is 29.4. The SMILES string of the molecule is CC(C)=CC[C@H](O)CN(CCN1CCN(C[C@H](C)O)CC1)C[C@H](C)O. The summed E-state index contributed by atoms with van der Waals surface area (Å²) in [5.74, 6) is 0. The molecular formula is C19H39N3O3. The Morgan fingerprint density at radius 1 is 0.960 bits per heavy atom. The molecule has 0 aliphatic carbocycles. The minimum absolute atomic E-state index is 0.268. The van der Waals surface area contributed by atoms with Crippen LogP contribution < -0.4 is 0 Å². The first-order chi connectivity index (χ1) is 11.8. The number of nitrogens with zero attached hydrogens (tertiary/aromatic N) is 3. The van der Waals surface area contributed by atoms with Crippen molar-refractivity contribution in [1.29, 1.82) is 0 Å². The van der Waals surface area contributed by atoms with Crippen molar-refractivity contribution < 1.29 is 15.3 Å². The molecule has 0 saturated carbocycles. The summed E-state index contributed by atoms with van der Waals surface area (Å²) in [4.78, 5) is 6.89. The molecule has 1 aliphatic rings. The van der Waals surface area contributed by atoms with Crippen molar-refractivity contribution in [3.63, 3.8) is 0 Å². The molecule has 1 rings (SSSR count). The Hall–Kier alpha value is -0.500. The maximum atomic E-state index is 10.2. The first-order valence-corrected chi connectivity index (χ1v) is 9.61. The Kier molecular flexibility index (Phi) is 10.8. The molecule has 0 radical (unpaired) electrons. The van der Waals surface area contributed by atoms with Crippen molar-refractivity contribution in [3.8, 4) is 0 Å². The van der Waals surface area contributed by atoms with Gasteiger partial charge in [-0.3, -0.25) is 14.7 Å². The van der Waals surface area contributed by atoms with E-state index in [0.717, 1.165) is 45.8 Å². The van der Waals surface area contributed by atoms with Crippen LogP contribution in [-0.4, -0.2) is 107 Å². The monoisotopic (exact) mass is 357 g/mol. The second-order valence-corrected chi connectivity index (χ2v) is 7.77. The van der Waals surface area contributed by atoms with E-state index in [4.69, 9.17) is 0 Å². The van der Waals surface area contributed by atoms with Crippen LogP contribution in [0.5, 0.6) is 0 Å². The van der Waals surface area contributed by atoms with Crippen molar-refractivity contribution in [3.05, 3.63) is 11.6 Å². The van der Waals surface area contributed by atoms with E-state index < -0.39 is 12.2 Å². The van der Waals surface area contributed by atoms with E-state index in [2.05, 4.69) is 20.8 Å². The lowest BCUT2D eigenvalue weighted by atomic mass is 10.1. The zero-order valence-corrected chi connectivity index (χ0v) is 16.6. The quantitative estimate of drug-likeness (QED) is 0.465. The summed E-state index contributed by atoms with van der Waals surface area (Å²) in [5.41, 5.74) is 1.22. The van der Waals surface area contributed by atoms with Crippen molar-refractivity contribution in [2.45, 2.75) is 52.4 Å². The molecule has 148 valence electrons. The molecule has 0 amide bonds. The highest BCUT2D eigenvalue weighted by Gasteiger charge is 2.19. The molecule has 0 bridgehead atoms. The van der Waals surface area contributed by atoms with Gasteiger partial charge in [0.1, 0.15) is 0 Å². The highest BCUT2D eigenvalue weighted by atomic mass is 16.3. The van der Waals surface area contributed by atoms with Gasteiger partial charge in [0, 0.05) is 58.9 Å². The smallest absolute Gasteiger partial charge is 0.0701 e. The molecule has 0 aromatic heterocycles. The van der Waals surface area contributed by atoms with Crippen molar-refractivity contribution in [2.24, 2.45) is 0 Å². The molecule has 3 N–H and O–H groups in total. The number of rotatable bonds is 11. The predicted molar refractivity (Wildman–Crippen MR) is 103 cm³/mol. The Morgan fingerprint density at radius 3 is 2.08 bits per heavy atom. The Labute approximate surface area is 153 Å². The van der Waals surface area contributed by atoms with Gasteiger partial charge in [-0.05, 0) is 34.1 Å². The lowest BCUT2D eigenvalue weighted by Gasteiger charge is -2.36. The molecule has 0 spiro atoms. The third-order valence-corrected chi connectivity index (χ3v) is 4.51. The molecule has 1 heterocycles. The number of piperazine rings is 1. The van der Waals surface area contributed by atoms with Crippen LogP contribution in [0.3, 0.4) is 0 Å². The molecule has 0 unspecified atom stereocenters. The maximum Gasteiger partial charge on any atom is 0.0701 e. The van der Waals surface area contributed by atoms with Gasteiger partial charge in [-0.25, -0.2) is 0 Å². The van der Waals surface area contributed by atoms with Gasteiger partial charge >= 0.3 is 0 Å². The first-order valence-electron chi connectivity index (χ1n) is 9.61. The summed E-state index contributed by atoms with van der Waals surface area (Å²) >= 11 is 0. The number of hydrogen-bond acceptors (Lipinski definition) is 6. The van der Waals surface area contributed by atoms with Crippen molar-refractivity contribution in [2.75, 3.05) is 58.9 Å². The Morgan fingerprint density at radius 2 is 1.56 bits per heavy atom. The number of aliphatic hydroxyl groups excluding tert-OH is 3. The molecule has 6 heteroatoms. The van der Waals surface area contributed by atoms with E-state index in [1.54, 1.807) is 6.92 Å². The van der Waals surface area contributed by atoms with Gasteiger partial charge in [-0.2, -0.15) is 0 Å². The van der Waals surface area contributed by atoms with Crippen LogP contribution in [0.25, 0.3) is 0 Å². The van der Waals surface area contributed by atoms with Crippen LogP contribution in [-0.2, 0) is 0 Å². The number of allylic oxidation sites excluding steroid dienone is 1. The fourth-order valence-electron chi connectivity index (χ4n) is 3.23. The second kappa shape index (κ2) is 12.0. The van der Waals surface area contributed by atoms with Crippen LogP contribution in [0.15, 0.2) is 11.6 Å². The molecule has 1 fully saturated rings. The maximum absolute atomic E-state index is 10.2. The fourth-order valence-corrected chi connectivity index (χ4v) is 3.23. The van der Waals surface area contributed by atoms with E-state index >= 15 is 0 Å². The molecule has 25 heavy (non-hydrogen) atoms. The minimum Gasteiger partial charge on any atom is -0.392 e. The van der Waals surface area contributed by atoms with Crippen LogP contribution in [0, 0.1) is 0 Å². The summed E-state index contributed by atoms with van der Waals surface area (Å²) in [6.45, 7) is 15.4. The fraction of sp³-hybridized carbons (Fsp3) is 0.895. The average Bonchev–Trinajstić information content (AvgIpc) is 2.51. The normalized spacial score (nSPS) is 20.5. The van der Waals surface area contributed by atoms with Crippen molar-refractivity contribution >= 4 is 0 Å². The van der Waals surface area contributed by atoms with Gasteiger partial charge in [0.25, 0.3) is 0 Å². The summed E-state index contributed by atoms with van der Waals surface area (Å²) < 4.78 is 0. The Bertz CT molecular complexity index is 376. The minimum atomic E-state index is -0.392. The average molecular weight is 358 g/mol. The molecule has 1 saturated heterocycles. The lowest BCUT2D eigenvalue weighted by molar-refractivity contribution is 0.0549. The highest BCUT2D eigenvalue weighted by Crippen LogP contribution is 2.06. The van der Waals surface area contributed by atoms with Gasteiger partial charge in [-0.15, -0.1) is 0 Å². The van der Waals surface area contributed by atoms with Gasteiger partial charge in [-0.1, -0.05) is 11.6 Å². The molecule has 6 nitrogen and oxygen atoms in total. The van der Waals surface area contributed by atoms with Gasteiger partial charge in [0.2, 0.25) is 0 Å². The van der Waals surface area contributed by atoms with E-state index in [-0.39, 0.29) is 6.10 Å². The first kappa shape index (κ1) is 22.5. The lowest BCUT2D eigenvalue weighted by Crippen LogP contribution is -2.50. The van der Waals surface area contributed by atoms with E-state index in [1.165, 1.54) is 5.57 Å². The van der Waals surface area contributed by atoms with E-state index in [1.807, 2.05) is 20.8 Å².